The number of hydrogen-bond donors (Lipinski definition) is 3. The Morgan fingerprint density at radius 1 is 1.05 bits per heavy atom. The molecule has 0 radical (unpaired) electrons. The zero-order valence-electron chi connectivity index (χ0n) is 25.0. The van der Waals surface area contributed by atoms with Gasteiger partial charge in [0, 0.05) is 59.9 Å². The minimum atomic E-state index is -1.07. The maximum Gasteiger partial charge on any atom is 0.328 e. The minimum absolute atomic E-state index is 0.262. The van der Waals surface area contributed by atoms with E-state index < -0.39 is 11.5 Å². The van der Waals surface area contributed by atoms with E-state index in [0.717, 1.165) is 40.5 Å². The number of piperidine rings is 1. The summed E-state index contributed by atoms with van der Waals surface area (Å²) in [6.07, 6.45) is 10.1. The number of thiazole rings is 1. The van der Waals surface area contributed by atoms with Gasteiger partial charge in [0.1, 0.15) is 10.5 Å². The van der Waals surface area contributed by atoms with Crippen LogP contribution in [-0.2, 0) is 16.6 Å². The first kappa shape index (κ1) is 29.8. The molecule has 0 atom stereocenters. The highest BCUT2D eigenvalue weighted by molar-refractivity contribution is 7.13. The first-order chi connectivity index (χ1) is 21.2. The number of fused-ring (bicyclic) bond motifs is 1. The molecule has 4 aromatic rings. The summed E-state index contributed by atoms with van der Waals surface area (Å²) in [5.41, 5.74) is 4.18. The summed E-state index contributed by atoms with van der Waals surface area (Å²) in [4.78, 5) is 45.3. The van der Waals surface area contributed by atoms with Crippen molar-refractivity contribution in [1.29, 1.82) is 0 Å². The first-order valence-electron chi connectivity index (χ1n) is 15.1. The summed E-state index contributed by atoms with van der Waals surface area (Å²) in [5.74, 6) is -1.09. The molecular formula is C34H37N5O4S. The zero-order chi connectivity index (χ0) is 30.8. The van der Waals surface area contributed by atoms with Crippen LogP contribution < -0.4 is 10.6 Å². The number of nitrogens with zero attached hydrogens (tertiary/aromatic N) is 3. The van der Waals surface area contributed by atoms with Gasteiger partial charge in [-0.2, -0.15) is 0 Å². The number of nitrogens with one attached hydrogen (secondary N) is 2. The largest absolute Gasteiger partial charge is 0.478 e. The first-order valence-corrected chi connectivity index (χ1v) is 16.0. The molecule has 3 N–H and O–H groups in total. The van der Waals surface area contributed by atoms with Gasteiger partial charge in [-0.3, -0.25) is 9.59 Å². The molecule has 2 aromatic heterocycles. The number of carbonyl (C=O) groups excluding carboxylic acids is 2. The molecule has 3 heterocycles. The van der Waals surface area contributed by atoms with Gasteiger partial charge in [0.15, 0.2) is 0 Å². The summed E-state index contributed by atoms with van der Waals surface area (Å²) in [7, 11) is 4.06. The van der Waals surface area contributed by atoms with E-state index in [0.29, 0.717) is 48.7 Å². The molecule has 9 nitrogen and oxygen atoms in total. The highest BCUT2D eigenvalue weighted by Gasteiger charge is 2.42. The van der Waals surface area contributed by atoms with E-state index in [4.69, 9.17) is 5.11 Å². The van der Waals surface area contributed by atoms with Gasteiger partial charge >= 0.3 is 5.97 Å². The van der Waals surface area contributed by atoms with Crippen LogP contribution in [0.2, 0.25) is 0 Å². The van der Waals surface area contributed by atoms with Crippen LogP contribution in [0.15, 0.2) is 60.1 Å². The number of aliphatic carboxylic acids is 1. The van der Waals surface area contributed by atoms with E-state index >= 15 is 0 Å². The minimum Gasteiger partial charge on any atom is -0.478 e. The molecular weight excluding hydrogens is 574 g/mol. The van der Waals surface area contributed by atoms with Crippen LogP contribution in [-0.4, -0.2) is 63.0 Å². The molecule has 0 bridgehead atoms. The van der Waals surface area contributed by atoms with E-state index in [1.165, 1.54) is 24.5 Å². The van der Waals surface area contributed by atoms with Gasteiger partial charge in [-0.25, -0.2) is 9.78 Å². The Labute approximate surface area is 260 Å². The van der Waals surface area contributed by atoms with Crippen LogP contribution in [0.25, 0.3) is 27.7 Å². The van der Waals surface area contributed by atoms with Crippen molar-refractivity contribution in [3.8, 4) is 10.7 Å². The second kappa shape index (κ2) is 12.4. The molecule has 2 fully saturated rings. The average Bonchev–Trinajstić information content (AvgIpc) is 3.79. The number of anilines is 1. The lowest BCUT2D eigenvalue weighted by molar-refractivity contribution is -0.131. The number of carboxylic acids is 1. The van der Waals surface area contributed by atoms with Crippen LogP contribution in [0.3, 0.4) is 0 Å². The van der Waals surface area contributed by atoms with Crippen LogP contribution in [0.4, 0.5) is 5.69 Å². The van der Waals surface area contributed by atoms with Gasteiger partial charge in [0.05, 0.1) is 5.69 Å². The van der Waals surface area contributed by atoms with Crippen molar-refractivity contribution in [1.82, 2.24) is 19.8 Å². The van der Waals surface area contributed by atoms with E-state index in [2.05, 4.69) is 31.2 Å². The molecule has 1 saturated carbocycles. The summed E-state index contributed by atoms with van der Waals surface area (Å²) >= 11 is 1.63. The summed E-state index contributed by atoms with van der Waals surface area (Å²) in [6.45, 7) is 1.34. The Bertz CT molecular complexity index is 1710. The lowest BCUT2D eigenvalue weighted by Gasteiger charge is -2.40. The fraction of sp³-hybridized carbons (Fsp3) is 0.353. The van der Waals surface area contributed by atoms with Crippen LogP contribution in [0.1, 0.15) is 65.9 Å². The number of amides is 2. The number of carbonyl (C=O) groups is 3. The molecule has 228 valence electrons. The quantitative estimate of drug-likeness (QED) is 0.214. The van der Waals surface area contributed by atoms with Gasteiger partial charge in [-0.05, 0) is 80.1 Å². The third kappa shape index (κ3) is 5.92. The molecule has 10 heteroatoms. The molecule has 0 spiro atoms. The number of benzene rings is 2. The second-order valence-electron chi connectivity index (χ2n) is 12.0. The van der Waals surface area contributed by atoms with Gasteiger partial charge in [-0.15, -0.1) is 11.3 Å². The van der Waals surface area contributed by atoms with E-state index in [1.807, 2.05) is 37.8 Å². The monoisotopic (exact) mass is 611 g/mol. The van der Waals surface area contributed by atoms with Crippen LogP contribution in [0, 0.1) is 0 Å². The number of likely N-dealkylation sites (tertiary alicyclic amines) is 1. The average molecular weight is 612 g/mol. The summed E-state index contributed by atoms with van der Waals surface area (Å²) < 4.78 is 2.17. The molecule has 0 unspecified atom stereocenters. The van der Waals surface area contributed by atoms with Gasteiger partial charge in [0.25, 0.3) is 5.91 Å². The summed E-state index contributed by atoms with van der Waals surface area (Å²) in [5, 5.41) is 19.2. The fourth-order valence-electron chi connectivity index (χ4n) is 6.63. The Morgan fingerprint density at radius 3 is 2.43 bits per heavy atom. The topological polar surface area (TPSA) is 117 Å². The smallest absolute Gasteiger partial charge is 0.328 e. The van der Waals surface area contributed by atoms with E-state index in [9.17, 15) is 14.4 Å². The van der Waals surface area contributed by atoms with Crippen molar-refractivity contribution < 1.29 is 19.5 Å². The SMILES string of the molecule is CN1CCC(NC(=O)c2ccc3c(C4CCCC4)c(-c4nccs4)n(C)c3c2)(C(=O)Nc2ccc(/C=C/C(=O)O)cc2)CC1. The van der Waals surface area contributed by atoms with Crippen molar-refractivity contribution in [2.24, 2.45) is 7.05 Å². The number of aromatic nitrogens is 2. The van der Waals surface area contributed by atoms with Gasteiger partial charge in [0.2, 0.25) is 5.91 Å². The lowest BCUT2D eigenvalue weighted by Crippen LogP contribution is -2.61. The summed E-state index contributed by atoms with van der Waals surface area (Å²) in [6, 6.07) is 12.8. The van der Waals surface area contributed by atoms with E-state index in [1.54, 1.807) is 35.6 Å². The third-order valence-electron chi connectivity index (χ3n) is 9.12. The van der Waals surface area contributed by atoms with Crippen molar-refractivity contribution in [3.63, 3.8) is 0 Å². The van der Waals surface area contributed by atoms with Crippen molar-refractivity contribution in [3.05, 3.63) is 76.8 Å². The molecule has 2 aliphatic rings. The normalized spacial score (nSPS) is 17.3. The third-order valence-corrected chi connectivity index (χ3v) is 9.90. The zero-order valence-corrected chi connectivity index (χ0v) is 25.8. The molecule has 1 aliphatic carbocycles. The number of rotatable bonds is 8. The predicted molar refractivity (Wildman–Crippen MR) is 174 cm³/mol. The number of carboxylic acid groups (broad SMARTS) is 1. The van der Waals surface area contributed by atoms with Crippen LogP contribution in [0.5, 0.6) is 0 Å². The van der Waals surface area contributed by atoms with Gasteiger partial charge < -0.3 is 25.2 Å². The number of aryl methyl sites for hydroxylation is 1. The maximum absolute atomic E-state index is 13.9. The highest BCUT2D eigenvalue weighted by Crippen LogP contribution is 2.45. The Morgan fingerprint density at radius 2 is 1.77 bits per heavy atom. The Kier molecular flexibility index (Phi) is 8.38. The highest BCUT2D eigenvalue weighted by atomic mass is 32.1. The van der Waals surface area contributed by atoms with Crippen molar-refractivity contribution >= 4 is 51.8 Å². The standard InChI is InChI=1S/C34H37N5O4S/c1-38-18-15-34(16-19-38,33(43)36-25-11-7-22(8-12-25)9-14-28(40)41)37-31(42)24-10-13-26-27(21-24)39(2)30(32-35-17-20-44-32)29(26)23-5-3-4-6-23/h7-14,17,20-21,23H,3-6,15-16,18-19H2,1-2H3,(H,36,43)(H,37,42)(H,40,41)/b14-9+. The van der Waals surface area contributed by atoms with Crippen molar-refractivity contribution in [2.45, 2.75) is 50.0 Å². The maximum atomic E-state index is 13.9. The molecule has 6 rings (SSSR count). The number of hydrogen-bond acceptors (Lipinski definition) is 6. The van der Waals surface area contributed by atoms with Crippen molar-refractivity contribution in [2.75, 3.05) is 25.5 Å². The lowest BCUT2D eigenvalue weighted by atomic mass is 9.86. The fourth-order valence-corrected chi connectivity index (χ4v) is 7.36. The van der Waals surface area contributed by atoms with E-state index in [-0.39, 0.29) is 11.8 Å². The molecule has 44 heavy (non-hydrogen) atoms. The molecule has 2 amide bonds. The molecule has 1 saturated heterocycles. The molecule has 2 aromatic carbocycles. The van der Waals surface area contributed by atoms with Gasteiger partial charge in [-0.1, -0.05) is 31.0 Å². The van der Waals surface area contributed by atoms with Crippen LogP contribution >= 0.6 is 11.3 Å². The second-order valence-corrected chi connectivity index (χ2v) is 12.9. The Balaban J connectivity index is 1.28. The molecule has 1 aliphatic heterocycles. The Hall–Kier alpha value is -4.28. The predicted octanol–water partition coefficient (Wildman–Crippen LogP) is 5.89.